The van der Waals surface area contributed by atoms with Crippen molar-refractivity contribution < 1.29 is 19.1 Å². The summed E-state index contributed by atoms with van der Waals surface area (Å²) in [6, 6.07) is 6.83. The van der Waals surface area contributed by atoms with E-state index in [9.17, 15) is 14.4 Å². The zero-order valence-electron chi connectivity index (χ0n) is 13.4. The van der Waals surface area contributed by atoms with Crippen LogP contribution in [0.5, 0.6) is 0 Å². The summed E-state index contributed by atoms with van der Waals surface area (Å²) >= 11 is 3.28. The van der Waals surface area contributed by atoms with Gasteiger partial charge in [-0.1, -0.05) is 35.3 Å². The molecule has 1 aromatic rings. The average molecular weight is 385 g/mol. The van der Waals surface area contributed by atoms with Gasteiger partial charge in [0.05, 0.1) is 13.7 Å². The first kappa shape index (κ1) is 19.2. The highest BCUT2D eigenvalue weighted by Gasteiger charge is 2.34. The summed E-state index contributed by atoms with van der Waals surface area (Å²) in [4.78, 5) is 35.8. The van der Waals surface area contributed by atoms with Crippen molar-refractivity contribution in [1.82, 2.24) is 10.6 Å². The molecule has 0 saturated heterocycles. The third kappa shape index (κ3) is 5.67. The average Bonchev–Trinajstić information content (AvgIpc) is 2.51. The number of benzene rings is 1. The fourth-order valence-corrected chi connectivity index (χ4v) is 2.58. The quantitative estimate of drug-likeness (QED) is 0.704. The number of carbonyl (C=O) groups excluding carboxylic acids is 3. The number of esters is 1. The second kappa shape index (κ2) is 8.67. The van der Waals surface area contributed by atoms with E-state index in [0.717, 1.165) is 4.47 Å². The van der Waals surface area contributed by atoms with Crippen LogP contribution in [0.15, 0.2) is 28.7 Å². The zero-order valence-corrected chi connectivity index (χ0v) is 15.0. The fourth-order valence-electron chi connectivity index (χ4n) is 2.19. The molecule has 1 atom stereocenters. The van der Waals surface area contributed by atoms with Gasteiger partial charge in [0.2, 0.25) is 5.91 Å². The van der Waals surface area contributed by atoms with E-state index in [1.807, 2.05) is 6.92 Å². The van der Waals surface area contributed by atoms with Crippen molar-refractivity contribution in [2.24, 2.45) is 0 Å². The molecule has 1 rings (SSSR count). The Hall–Kier alpha value is -1.89. The van der Waals surface area contributed by atoms with Gasteiger partial charge in [-0.3, -0.25) is 9.59 Å². The van der Waals surface area contributed by atoms with E-state index in [1.54, 1.807) is 31.2 Å². The standard InChI is InChI=1S/C16H21BrN2O4/c1-4-8-16(2,15(22)23-3)19-13(20)10-18-14(21)11-6-5-7-12(17)9-11/h5-7,9H,4,8,10H2,1-3H3,(H,18,21)(H,19,20). The molecular formula is C16H21BrN2O4. The maximum Gasteiger partial charge on any atom is 0.331 e. The summed E-state index contributed by atoms with van der Waals surface area (Å²) in [5, 5.41) is 5.15. The lowest BCUT2D eigenvalue weighted by Crippen LogP contribution is -2.54. The molecule has 1 unspecified atom stereocenters. The summed E-state index contributed by atoms with van der Waals surface area (Å²) in [5.41, 5.74) is -0.655. The SMILES string of the molecule is CCCC(C)(NC(=O)CNC(=O)c1cccc(Br)c1)C(=O)OC. The third-order valence-corrected chi connectivity index (χ3v) is 3.79. The number of ether oxygens (including phenoxy) is 1. The normalized spacial score (nSPS) is 12.9. The largest absolute Gasteiger partial charge is 0.467 e. The lowest BCUT2D eigenvalue weighted by Gasteiger charge is -2.27. The predicted octanol–water partition coefficient (Wildman–Crippen LogP) is 2.03. The summed E-state index contributed by atoms with van der Waals surface area (Å²) in [6.45, 7) is 3.29. The van der Waals surface area contributed by atoms with E-state index in [4.69, 9.17) is 4.74 Å². The van der Waals surface area contributed by atoms with Crippen LogP contribution in [-0.2, 0) is 14.3 Å². The van der Waals surface area contributed by atoms with Crippen molar-refractivity contribution in [3.05, 3.63) is 34.3 Å². The molecule has 0 aliphatic carbocycles. The number of halogens is 1. The number of rotatable bonds is 7. The zero-order chi connectivity index (χ0) is 17.5. The van der Waals surface area contributed by atoms with Gasteiger partial charge in [-0.2, -0.15) is 0 Å². The lowest BCUT2D eigenvalue weighted by atomic mass is 9.96. The molecule has 0 aliphatic rings. The Balaban J connectivity index is 2.62. The van der Waals surface area contributed by atoms with E-state index < -0.39 is 17.4 Å². The van der Waals surface area contributed by atoms with E-state index >= 15 is 0 Å². The summed E-state index contributed by atoms with van der Waals surface area (Å²) in [7, 11) is 1.28. The second-order valence-electron chi connectivity index (χ2n) is 5.31. The number of hydrogen-bond donors (Lipinski definition) is 2. The highest BCUT2D eigenvalue weighted by atomic mass is 79.9. The fraction of sp³-hybridized carbons (Fsp3) is 0.438. The Bertz CT molecular complexity index is 591. The monoisotopic (exact) mass is 384 g/mol. The topological polar surface area (TPSA) is 84.5 Å². The molecule has 0 spiro atoms. The smallest absolute Gasteiger partial charge is 0.331 e. The van der Waals surface area contributed by atoms with Crippen molar-refractivity contribution in [2.75, 3.05) is 13.7 Å². The van der Waals surface area contributed by atoms with Gasteiger partial charge < -0.3 is 15.4 Å². The summed E-state index contributed by atoms with van der Waals surface area (Å²) in [6.07, 6.45) is 1.15. The van der Waals surface area contributed by atoms with Crippen LogP contribution in [0.25, 0.3) is 0 Å². The van der Waals surface area contributed by atoms with Crippen LogP contribution < -0.4 is 10.6 Å². The number of carbonyl (C=O) groups is 3. The van der Waals surface area contributed by atoms with Gasteiger partial charge in [0.15, 0.2) is 0 Å². The molecule has 0 bridgehead atoms. The third-order valence-electron chi connectivity index (χ3n) is 3.30. The van der Waals surface area contributed by atoms with Crippen LogP contribution in [0.1, 0.15) is 37.0 Å². The van der Waals surface area contributed by atoms with Gasteiger partial charge in [0.25, 0.3) is 5.91 Å². The molecule has 7 heteroatoms. The van der Waals surface area contributed by atoms with Crippen LogP contribution in [0.4, 0.5) is 0 Å². The first-order chi connectivity index (χ1) is 10.8. The molecule has 0 aromatic heterocycles. The van der Waals surface area contributed by atoms with Crippen molar-refractivity contribution in [3.8, 4) is 0 Å². The minimum atomic E-state index is -1.10. The molecule has 23 heavy (non-hydrogen) atoms. The van der Waals surface area contributed by atoms with E-state index in [2.05, 4.69) is 26.6 Å². The predicted molar refractivity (Wildman–Crippen MR) is 89.9 cm³/mol. The molecule has 126 valence electrons. The molecule has 0 fully saturated rings. The van der Waals surface area contributed by atoms with E-state index in [-0.39, 0.29) is 12.5 Å². The number of methoxy groups -OCH3 is 1. The Labute approximate surface area is 144 Å². The van der Waals surface area contributed by atoms with Crippen molar-refractivity contribution >= 4 is 33.7 Å². The van der Waals surface area contributed by atoms with Crippen LogP contribution >= 0.6 is 15.9 Å². The van der Waals surface area contributed by atoms with Gasteiger partial charge in [0, 0.05) is 10.0 Å². The Kier molecular flexibility index (Phi) is 7.22. The van der Waals surface area contributed by atoms with Crippen molar-refractivity contribution in [2.45, 2.75) is 32.2 Å². The van der Waals surface area contributed by atoms with Gasteiger partial charge in [-0.05, 0) is 31.5 Å². The molecule has 2 N–H and O–H groups in total. The first-order valence-corrected chi connectivity index (χ1v) is 8.05. The Morgan fingerprint density at radius 1 is 1.30 bits per heavy atom. The number of amides is 2. The number of hydrogen-bond acceptors (Lipinski definition) is 4. The van der Waals surface area contributed by atoms with Crippen molar-refractivity contribution in [3.63, 3.8) is 0 Å². The minimum Gasteiger partial charge on any atom is -0.467 e. The first-order valence-electron chi connectivity index (χ1n) is 7.25. The highest BCUT2D eigenvalue weighted by Crippen LogP contribution is 2.14. The van der Waals surface area contributed by atoms with Gasteiger partial charge in [-0.25, -0.2) is 4.79 Å². The lowest BCUT2D eigenvalue weighted by molar-refractivity contribution is -0.150. The van der Waals surface area contributed by atoms with Gasteiger partial charge in [-0.15, -0.1) is 0 Å². The summed E-state index contributed by atoms with van der Waals surface area (Å²) in [5.74, 6) is -1.32. The second-order valence-corrected chi connectivity index (χ2v) is 6.23. The van der Waals surface area contributed by atoms with Gasteiger partial charge >= 0.3 is 5.97 Å². The molecule has 0 radical (unpaired) electrons. The Morgan fingerprint density at radius 2 is 2.00 bits per heavy atom. The van der Waals surface area contributed by atoms with Crippen LogP contribution in [0, 0.1) is 0 Å². The summed E-state index contributed by atoms with van der Waals surface area (Å²) < 4.78 is 5.50. The molecule has 0 saturated carbocycles. The van der Waals surface area contributed by atoms with Crippen LogP contribution in [0.2, 0.25) is 0 Å². The van der Waals surface area contributed by atoms with Crippen LogP contribution in [0.3, 0.4) is 0 Å². The van der Waals surface area contributed by atoms with E-state index in [1.165, 1.54) is 7.11 Å². The van der Waals surface area contributed by atoms with Crippen molar-refractivity contribution in [1.29, 1.82) is 0 Å². The molecule has 2 amide bonds. The molecule has 1 aromatic carbocycles. The minimum absolute atomic E-state index is 0.221. The number of nitrogens with one attached hydrogen (secondary N) is 2. The Morgan fingerprint density at radius 3 is 2.57 bits per heavy atom. The molecular weight excluding hydrogens is 364 g/mol. The maximum atomic E-state index is 12.0. The van der Waals surface area contributed by atoms with Gasteiger partial charge in [0.1, 0.15) is 5.54 Å². The molecule has 0 heterocycles. The van der Waals surface area contributed by atoms with E-state index in [0.29, 0.717) is 18.4 Å². The van der Waals surface area contributed by atoms with Crippen LogP contribution in [-0.4, -0.2) is 37.0 Å². The highest BCUT2D eigenvalue weighted by molar-refractivity contribution is 9.10. The maximum absolute atomic E-state index is 12.0. The molecule has 0 aliphatic heterocycles. The molecule has 6 nitrogen and oxygen atoms in total.